The first-order chi connectivity index (χ1) is 20.5. The summed E-state index contributed by atoms with van der Waals surface area (Å²) in [4.78, 5) is 13.7. The second-order valence-electron chi connectivity index (χ2n) is 8.75. The number of methoxy groups -OCH3 is 2. The normalized spacial score (nSPS) is 9.91. The zero-order chi connectivity index (χ0) is 32.3. The zero-order valence-electron chi connectivity index (χ0n) is 23.9. The number of anilines is 1. The van der Waals surface area contributed by atoms with Crippen LogP contribution in [0.25, 0.3) is 0 Å². The number of rotatable bonds is 6. The van der Waals surface area contributed by atoms with Gasteiger partial charge in [-0.05, 0) is 79.4 Å². The summed E-state index contributed by atoms with van der Waals surface area (Å²) in [5.74, 6) is 1.69. The molecule has 0 bridgehead atoms. The van der Waals surface area contributed by atoms with Crippen molar-refractivity contribution in [3.63, 3.8) is 0 Å². The van der Waals surface area contributed by atoms with E-state index in [-0.39, 0.29) is 23.1 Å². The van der Waals surface area contributed by atoms with Crippen LogP contribution in [0.3, 0.4) is 0 Å². The molecule has 18 heteroatoms. The van der Waals surface area contributed by atoms with Gasteiger partial charge in [0.1, 0.15) is 17.1 Å². The number of nitrogens with zero attached hydrogens (tertiary/aromatic N) is 9. The number of ether oxygens (including phenoxy) is 3. The molecule has 2 aromatic carbocycles. The number of halogens is 4. The summed E-state index contributed by atoms with van der Waals surface area (Å²) in [5, 5.41) is 28.1. The minimum Gasteiger partial charge on any atom is -0.497 e. The van der Waals surface area contributed by atoms with Gasteiger partial charge < -0.3 is 19.9 Å². The molecule has 14 nitrogen and oxygen atoms in total. The van der Waals surface area contributed by atoms with Crippen LogP contribution >= 0.6 is 46.4 Å². The van der Waals surface area contributed by atoms with Gasteiger partial charge in [0, 0.05) is 6.54 Å². The van der Waals surface area contributed by atoms with Gasteiger partial charge in [0.2, 0.25) is 0 Å². The first-order valence-corrected chi connectivity index (χ1v) is 13.6. The number of benzene rings is 2. The summed E-state index contributed by atoms with van der Waals surface area (Å²) in [7, 11) is 3.24. The molecule has 0 spiro atoms. The lowest BCUT2D eigenvalue weighted by molar-refractivity contribution is 0.0574. The van der Waals surface area contributed by atoms with Crippen LogP contribution in [0.4, 0.5) is 13.6 Å². The van der Waals surface area contributed by atoms with Crippen molar-refractivity contribution in [3.8, 4) is 11.5 Å². The second kappa shape index (κ2) is 20.3. The Kier molecular flexibility index (Phi) is 17.7. The summed E-state index contributed by atoms with van der Waals surface area (Å²) in [5.41, 5.74) is 6.76. The van der Waals surface area contributed by atoms with E-state index in [9.17, 15) is 7.65 Å². The largest absolute Gasteiger partial charge is 0.497 e. The maximum Gasteiger partial charge on any atom is 0.417 e. The lowest BCUT2D eigenvalue weighted by Gasteiger charge is -2.25. The molecule has 2 N–H and O–H groups in total. The molecule has 232 valence electrons. The van der Waals surface area contributed by atoms with Crippen molar-refractivity contribution in [3.05, 3.63) is 76.6 Å². The maximum atomic E-state index is 12.4. The molecule has 0 aliphatic rings. The Hall–Kier alpha value is -3.61. The van der Waals surface area contributed by atoms with E-state index < -0.39 is 11.7 Å². The molecule has 0 saturated heterocycles. The molecule has 1 amide bonds. The topological polar surface area (TPSA) is 177 Å². The van der Waals surface area contributed by atoms with Crippen LogP contribution in [0.1, 0.15) is 31.9 Å². The van der Waals surface area contributed by atoms with E-state index >= 15 is 0 Å². The average Bonchev–Trinajstić information content (AvgIpc) is 3.03. The van der Waals surface area contributed by atoms with Crippen LogP contribution in [0, 0.1) is 0 Å². The second-order valence-corrected chi connectivity index (χ2v) is 9.43. The molecule has 0 radical (unpaired) electrons. The first-order valence-electron chi connectivity index (χ1n) is 12.0. The molecule has 0 aliphatic carbocycles. The fourth-order valence-electron chi connectivity index (χ4n) is 2.72. The molecule has 0 atom stereocenters. The van der Waals surface area contributed by atoms with Crippen molar-refractivity contribution < 1.29 is 21.9 Å². The number of nitrogens with two attached hydrogens (primary N) is 1. The Morgan fingerprint density at radius 2 is 1.23 bits per heavy atom. The van der Waals surface area contributed by atoms with Gasteiger partial charge in [-0.2, -0.15) is 2.86 Å². The molecular formula is C25H30Cl2FIN10O4. The molecule has 4 rings (SSSR count). The third-order valence-electron chi connectivity index (χ3n) is 4.58. The predicted molar refractivity (Wildman–Crippen MR) is 167 cm³/mol. The van der Waals surface area contributed by atoms with Gasteiger partial charge >= 0.3 is 6.09 Å². The van der Waals surface area contributed by atoms with Gasteiger partial charge in [-0.1, -0.05) is 24.3 Å². The zero-order valence-corrected chi connectivity index (χ0v) is 27.5. The molecule has 0 unspecified atom stereocenters. The van der Waals surface area contributed by atoms with E-state index in [1.54, 1.807) is 35.0 Å². The van der Waals surface area contributed by atoms with Gasteiger partial charge in [0.25, 0.3) is 16.5 Å². The van der Waals surface area contributed by atoms with E-state index in [0.29, 0.717) is 29.7 Å². The van der Waals surface area contributed by atoms with E-state index in [2.05, 4.69) is 40.8 Å². The van der Waals surface area contributed by atoms with Crippen LogP contribution in [0.15, 0.2) is 54.9 Å². The van der Waals surface area contributed by atoms with E-state index in [1.165, 1.54) is 11.2 Å². The van der Waals surface area contributed by atoms with Crippen LogP contribution in [0.5, 0.6) is 11.5 Å². The Morgan fingerprint density at radius 1 is 0.814 bits per heavy atom. The molecule has 0 saturated carbocycles. The molecular weight excluding hydrogens is 721 g/mol. The number of hydrogen-bond donors (Lipinski definition) is 1. The highest BCUT2D eigenvalue weighted by molar-refractivity contribution is 14.1. The number of carbonyl (C=O) groups is 1. The van der Waals surface area contributed by atoms with Gasteiger partial charge in [0.05, 0.1) is 20.8 Å². The van der Waals surface area contributed by atoms with Crippen LogP contribution in [0.2, 0.25) is 10.6 Å². The minimum atomic E-state index is -0.634. The minimum absolute atomic E-state index is 0.00519. The first kappa shape index (κ1) is 37.4. The molecule has 4 aromatic rings. The molecule has 2 heterocycles. The van der Waals surface area contributed by atoms with Crippen molar-refractivity contribution in [2.45, 2.75) is 39.5 Å². The Morgan fingerprint density at radius 3 is 1.60 bits per heavy atom. The van der Waals surface area contributed by atoms with Gasteiger partial charge in [-0.25, -0.2) is 9.69 Å². The van der Waals surface area contributed by atoms with Gasteiger partial charge in [-0.15, -0.1) is 40.8 Å². The summed E-state index contributed by atoms with van der Waals surface area (Å²) < 4.78 is 25.0. The smallest absolute Gasteiger partial charge is 0.417 e. The molecule has 43 heavy (non-hydrogen) atoms. The highest BCUT2D eigenvalue weighted by atomic mass is 127. The SMILES string of the molecule is COc1ccc(CN(C(=O)OC(C)(C)C)c2nncnn2)cc1.COc1ccc(CN)cc1.Clc1nnc(Cl)nn1.FI. The fourth-order valence-corrected chi connectivity index (χ4v) is 2.87. The van der Waals surface area contributed by atoms with Crippen molar-refractivity contribution in [1.29, 1.82) is 0 Å². The van der Waals surface area contributed by atoms with Crippen molar-refractivity contribution in [1.82, 2.24) is 40.8 Å². The van der Waals surface area contributed by atoms with Gasteiger partial charge in [0.15, 0.2) is 29.5 Å². The highest BCUT2D eigenvalue weighted by Gasteiger charge is 2.26. The van der Waals surface area contributed by atoms with E-state index in [1.807, 2.05) is 48.5 Å². The number of amides is 1. The molecule has 0 aliphatic heterocycles. The lowest BCUT2D eigenvalue weighted by Crippen LogP contribution is -2.37. The molecule has 0 fully saturated rings. The number of aromatic nitrogens is 8. The van der Waals surface area contributed by atoms with E-state index in [4.69, 9.17) is 43.1 Å². The van der Waals surface area contributed by atoms with E-state index in [0.717, 1.165) is 22.6 Å². The summed E-state index contributed by atoms with van der Waals surface area (Å²) >= 11 is 11.1. The van der Waals surface area contributed by atoms with Crippen molar-refractivity contribution >= 4 is 58.4 Å². The third-order valence-corrected chi connectivity index (χ3v) is 4.88. The predicted octanol–water partition coefficient (Wildman–Crippen LogP) is 5.25. The Labute approximate surface area is 272 Å². The Balaban J connectivity index is 0.000000378. The summed E-state index contributed by atoms with van der Waals surface area (Å²) in [6.07, 6.45) is 0.632. The van der Waals surface area contributed by atoms with Crippen molar-refractivity contribution in [2.75, 3.05) is 19.1 Å². The number of hydrogen-bond acceptors (Lipinski definition) is 13. The summed E-state index contributed by atoms with van der Waals surface area (Å²) in [6.45, 7) is 6.19. The highest BCUT2D eigenvalue weighted by Crippen LogP contribution is 2.18. The standard InChI is InChI=1S/C15H19N5O3.C8H11NO.C2Cl2N4.FI/c1-15(2,3)23-14(21)20(13-18-16-10-17-19-13)9-11-5-7-12(22-4)8-6-11;1-10-8-4-2-7(6-9)3-5-8;3-1-5-7-2(4)8-6-1;1-2/h5-8,10H,9H2,1-4H3;2-5H,6,9H2,1H3;;. The molecule has 2 aromatic heterocycles. The monoisotopic (exact) mass is 750 g/mol. The number of carbonyl (C=O) groups excluding carboxylic acids is 1. The maximum absolute atomic E-state index is 12.4. The van der Waals surface area contributed by atoms with Gasteiger partial charge in [-0.3, -0.25) is 0 Å². The van der Waals surface area contributed by atoms with Crippen molar-refractivity contribution in [2.24, 2.45) is 5.73 Å². The lowest BCUT2D eigenvalue weighted by atomic mass is 10.2. The third kappa shape index (κ3) is 15.4. The summed E-state index contributed by atoms with van der Waals surface area (Å²) in [6, 6.07) is 15.0. The average molecular weight is 751 g/mol. The van der Waals surface area contributed by atoms with Crippen LogP contribution in [-0.4, -0.2) is 66.7 Å². The van der Waals surface area contributed by atoms with Crippen LogP contribution < -0.4 is 20.1 Å². The fraction of sp³-hybridized carbons (Fsp3) is 0.320. The quantitative estimate of drug-likeness (QED) is 0.253. The Bertz CT molecular complexity index is 1280. The van der Waals surface area contributed by atoms with Crippen LogP contribution in [-0.2, 0) is 17.8 Å².